The lowest BCUT2D eigenvalue weighted by molar-refractivity contribution is -0.138. The Bertz CT molecular complexity index is 3980. The predicted molar refractivity (Wildman–Crippen MR) is 430 cm³/mol. The van der Waals surface area contributed by atoms with Crippen LogP contribution in [0.5, 0.6) is 28.7 Å². The fourth-order valence-electron chi connectivity index (χ4n) is 13.6. The van der Waals surface area contributed by atoms with Crippen molar-refractivity contribution in [1.29, 1.82) is 0 Å². The van der Waals surface area contributed by atoms with Crippen LogP contribution in [0.2, 0.25) is 0 Å². The first-order valence-electron chi connectivity index (χ1n) is 39.9. The van der Waals surface area contributed by atoms with E-state index in [1.54, 1.807) is 60.6 Å². The molecule has 6 aliphatic heterocycles. The monoisotopic (exact) mass is 1600 g/mol. The third-order valence-corrected chi connectivity index (χ3v) is 21.1. The van der Waals surface area contributed by atoms with Gasteiger partial charge in [0.15, 0.2) is 28.8 Å². The van der Waals surface area contributed by atoms with Gasteiger partial charge in [0.1, 0.15) is 11.5 Å². The molecule has 0 saturated carbocycles. The SMILES string of the molecule is COc1ccc(C2=CN3C(=O)c4cc5c(cc4N=C[C@@H]3C2)OCCCOc2cc3c(cc2OCCCCCCCCO5)C(=O)N2C=C(c4ccc(CC(=O)[C@H](C)NC(=O)[C@@H](CC(=O)CCOCCOCCOCCOCCOCCOCCOCCOCCNC(=O)CCN5C(=O)CC(SC)C5=O)C(C)C)cc4)C[C@H]2C=N3)cc1. The zero-order chi connectivity index (χ0) is 80.4. The van der Waals surface area contributed by atoms with Crippen molar-refractivity contribution in [3.05, 3.63) is 113 Å². The van der Waals surface area contributed by atoms with Crippen molar-refractivity contribution in [1.82, 2.24) is 25.3 Å². The lowest BCUT2D eigenvalue weighted by atomic mass is 9.88. The summed E-state index contributed by atoms with van der Waals surface area (Å²) in [5, 5.41) is 5.24. The number of benzene rings is 4. The van der Waals surface area contributed by atoms with E-state index in [9.17, 15) is 38.4 Å². The molecule has 618 valence electrons. The topological polar surface area (TPSA) is 315 Å². The number of ketones is 2. The Kier molecular flexibility index (Phi) is 35.7. The van der Waals surface area contributed by atoms with Crippen LogP contribution >= 0.6 is 11.8 Å². The highest BCUT2D eigenvalue weighted by atomic mass is 32.2. The van der Waals surface area contributed by atoms with Crippen molar-refractivity contribution in [2.45, 2.75) is 134 Å². The Balaban J connectivity index is 0.562. The molecule has 6 heterocycles. The summed E-state index contributed by atoms with van der Waals surface area (Å²) in [7, 11) is 1.64. The van der Waals surface area contributed by atoms with E-state index in [1.165, 1.54) is 11.8 Å². The molecule has 4 aromatic carbocycles. The Hall–Kier alpha value is -8.91. The second-order valence-electron chi connectivity index (χ2n) is 28.8. The van der Waals surface area contributed by atoms with E-state index < -0.39 is 12.0 Å². The average molecular weight is 1600 g/mol. The number of amides is 6. The highest BCUT2D eigenvalue weighted by Crippen LogP contribution is 2.43. The van der Waals surface area contributed by atoms with Crippen molar-refractivity contribution < 1.29 is 99.9 Å². The van der Waals surface area contributed by atoms with Crippen LogP contribution in [0.15, 0.2) is 95.2 Å². The molecule has 6 aliphatic rings. The highest BCUT2D eigenvalue weighted by Gasteiger charge is 2.39. The van der Waals surface area contributed by atoms with Gasteiger partial charge in [0.25, 0.3) is 11.8 Å². The van der Waals surface area contributed by atoms with E-state index in [0.717, 1.165) is 77.0 Å². The van der Waals surface area contributed by atoms with Crippen molar-refractivity contribution in [3.63, 3.8) is 0 Å². The Labute approximate surface area is 672 Å². The molecule has 2 N–H and O–H groups in total. The van der Waals surface area contributed by atoms with Crippen LogP contribution in [-0.4, -0.2) is 256 Å². The highest BCUT2D eigenvalue weighted by molar-refractivity contribution is 8.00. The molecular weight excluding hydrogens is 1490 g/mol. The maximum Gasteiger partial charge on any atom is 0.260 e. The first-order valence-corrected chi connectivity index (χ1v) is 41.2. The number of carbonyl (C=O) groups excluding carboxylic acids is 8. The summed E-state index contributed by atoms with van der Waals surface area (Å²) in [6, 6.07) is 21.2. The van der Waals surface area contributed by atoms with E-state index in [2.05, 4.69) is 10.6 Å². The predicted octanol–water partition coefficient (Wildman–Crippen LogP) is 9.97. The van der Waals surface area contributed by atoms with Gasteiger partial charge in [-0.25, -0.2) is 0 Å². The number of hydrogen-bond acceptors (Lipinski definition) is 24. The summed E-state index contributed by atoms with van der Waals surface area (Å²) in [5.74, 6) is 0.167. The number of ether oxygens (including phenoxy) is 13. The smallest absolute Gasteiger partial charge is 0.260 e. The third kappa shape index (κ3) is 26.6. The fourth-order valence-corrected chi connectivity index (χ4v) is 14.2. The quantitative estimate of drug-likeness (QED) is 0.0308. The first kappa shape index (κ1) is 87.5. The van der Waals surface area contributed by atoms with Gasteiger partial charge in [-0.05, 0) is 84.0 Å². The molecule has 0 radical (unpaired) electrons. The van der Waals surface area contributed by atoms with E-state index in [0.29, 0.717) is 184 Å². The Morgan fingerprint density at radius 2 is 0.974 bits per heavy atom. The maximum atomic E-state index is 14.5. The number of likely N-dealkylation sites (tertiary alicyclic amines) is 1. The average Bonchev–Trinajstić information content (AvgIpc) is 1.62. The standard InChI is InChI=1S/C85H111N7O21S/c1-58(2)69(48-67(93)22-29-102-31-33-104-35-37-106-39-41-108-43-44-109-42-40-107-38-36-105-34-32-103-30-23-86-80(95)21-24-90-81(96)53-79(114-5)85(90)100)82(97)89-59(3)74(94)45-60-13-15-61(16-14-60)63-46-65-54-87-72-51-77-75(49-70(72)83(98)91(65)56-63)110-25-10-8-6-7-9-11-26-111-76-50-71-73(52-78(76)113-28-12-27-112-77)88-55-66-47-64(57-92(66)84(71)99)62-17-19-68(101-4)20-18-62/h13-20,49-52,54-59,65-66,69,79H,6-12,21-48,53H2,1-5H3,(H,86,95)(H,89,97)/t59-,65-,66-,69-,79?/m0/s1. The minimum Gasteiger partial charge on any atom is -0.497 e. The number of fused-ring (bicyclic) bond motifs is 6. The van der Waals surface area contributed by atoms with E-state index in [1.807, 2.05) is 81.0 Å². The van der Waals surface area contributed by atoms with Crippen LogP contribution in [0.3, 0.4) is 0 Å². The van der Waals surface area contributed by atoms with Gasteiger partial charge >= 0.3 is 0 Å². The summed E-state index contributed by atoms with van der Waals surface area (Å²) < 4.78 is 75.3. The first-order chi connectivity index (χ1) is 55.5. The summed E-state index contributed by atoms with van der Waals surface area (Å²) in [6.07, 6.45) is 16.9. The fraction of sp³-hybridized carbons (Fsp3) is 0.553. The maximum absolute atomic E-state index is 14.5. The second-order valence-corrected chi connectivity index (χ2v) is 29.8. The zero-order valence-electron chi connectivity index (χ0n) is 66.4. The van der Waals surface area contributed by atoms with Crippen LogP contribution in [0, 0.1) is 11.8 Å². The largest absolute Gasteiger partial charge is 0.497 e. The van der Waals surface area contributed by atoms with E-state index >= 15 is 0 Å². The van der Waals surface area contributed by atoms with Gasteiger partial charge in [-0.15, -0.1) is 0 Å². The number of nitrogens with one attached hydrogen (secondary N) is 2. The van der Waals surface area contributed by atoms with Gasteiger partial charge in [-0.2, -0.15) is 11.8 Å². The van der Waals surface area contributed by atoms with Crippen molar-refractivity contribution >= 4 is 93.7 Å². The molecule has 1 fully saturated rings. The number of nitrogens with zero attached hydrogens (tertiary/aromatic N) is 5. The molecule has 114 heavy (non-hydrogen) atoms. The van der Waals surface area contributed by atoms with Gasteiger partial charge < -0.3 is 82.0 Å². The molecule has 1 saturated heterocycles. The second kappa shape index (κ2) is 46.6. The summed E-state index contributed by atoms with van der Waals surface area (Å²) in [5.41, 5.74) is 6.48. The third-order valence-electron chi connectivity index (χ3n) is 20.2. The number of imide groups is 1. The molecule has 0 spiro atoms. The van der Waals surface area contributed by atoms with Crippen molar-refractivity contribution in [2.75, 3.05) is 159 Å². The molecule has 29 heteroatoms. The summed E-state index contributed by atoms with van der Waals surface area (Å²) in [6.45, 7) is 13.1. The number of rotatable bonds is 42. The van der Waals surface area contributed by atoms with E-state index in [4.69, 9.17) is 71.6 Å². The molecule has 5 atom stereocenters. The van der Waals surface area contributed by atoms with Crippen LogP contribution < -0.4 is 34.3 Å². The number of carbonyl (C=O) groups is 8. The lowest BCUT2D eigenvalue weighted by Crippen LogP contribution is -2.44. The molecule has 0 aromatic heterocycles. The van der Waals surface area contributed by atoms with Gasteiger partial charge in [-0.3, -0.25) is 53.2 Å². The van der Waals surface area contributed by atoms with Gasteiger partial charge in [0.2, 0.25) is 23.6 Å². The lowest BCUT2D eigenvalue weighted by Gasteiger charge is -2.22. The molecule has 0 bridgehead atoms. The number of methoxy groups -OCH3 is 1. The molecule has 4 aromatic rings. The summed E-state index contributed by atoms with van der Waals surface area (Å²) >= 11 is 1.34. The van der Waals surface area contributed by atoms with Crippen molar-refractivity contribution in [3.8, 4) is 28.7 Å². The number of Topliss-reactive ketones (excluding diaryl/α,β-unsaturated/α-hetero) is 2. The van der Waals surface area contributed by atoms with Gasteiger partial charge in [-0.1, -0.05) is 75.9 Å². The summed E-state index contributed by atoms with van der Waals surface area (Å²) in [4.78, 5) is 120. The molecule has 10 rings (SSSR count). The number of hydrogen-bond donors (Lipinski definition) is 2. The number of aliphatic imine (C=N–C) groups is 2. The van der Waals surface area contributed by atoms with Gasteiger partial charge in [0.05, 0.1) is 185 Å². The zero-order valence-corrected chi connectivity index (χ0v) is 67.2. The Morgan fingerprint density at radius 3 is 1.43 bits per heavy atom. The minimum atomic E-state index is -0.793. The number of thioether (sulfide) groups is 1. The minimum absolute atomic E-state index is 0.0214. The van der Waals surface area contributed by atoms with Crippen molar-refractivity contribution in [2.24, 2.45) is 21.8 Å². The van der Waals surface area contributed by atoms with Crippen LogP contribution in [-0.2, 0) is 73.1 Å². The molecule has 28 nitrogen and oxygen atoms in total. The Morgan fingerprint density at radius 1 is 0.535 bits per heavy atom. The van der Waals surface area contributed by atoms with Gasteiger partial charge in [0, 0.05) is 107 Å². The van der Waals surface area contributed by atoms with Crippen LogP contribution in [0.4, 0.5) is 11.4 Å². The molecule has 6 amide bonds. The molecule has 0 aliphatic carbocycles. The van der Waals surface area contributed by atoms with Crippen LogP contribution in [0.25, 0.3) is 11.1 Å². The van der Waals surface area contributed by atoms with E-state index in [-0.39, 0.29) is 129 Å². The normalized spacial score (nSPS) is 18.3. The molecule has 1 unspecified atom stereocenters. The van der Waals surface area contributed by atoms with Crippen LogP contribution in [0.1, 0.15) is 142 Å². The molecular formula is C85H111N7O21S.